The van der Waals surface area contributed by atoms with E-state index in [1.807, 2.05) is 7.11 Å². The van der Waals surface area contributed by atoms with Gasteiger partial charge in [-0.3, -0.25) is 4.90 Å². The fraction of sp³-hybridized carbons (Fsp3) is 1.00. The molecule has 0 aromatic carbocycles. The molecule has 1 unspecified atom stereocenters. The first-order valence-electron chi connectivity index (χ1n) is 6.86. The number of rotatable bonds is 3. The molecule has 2 aliphatic heterocycles. The Kier molecular flexibility index (Phi) is 4.79. The van der Waals surface area contributed by atoms with Crippen LogP contribution >= 0.6 is 0 Å². The molecule has 2 N–H and O–H groups in total. The van der Waals surface area contributed by atoms with Gasteiger partial charge >= 0.3 is 0 Å². The lowest BCUT2D eigenvalue weighted by atomic mass is 9.86. The van der Waals surface area contributed by atoms with E-state index in [-0.39, 0.29) is 5.54 Å². The van der Waals surface area contributed by atoms with E-state index >= 15 is 0 Å². The monoisotopic (exact) mass is 242 g/mol. The van der Waals surface area contributed by atoms with Crippen molar-refractivity contribution in [1.29, 1.82) is 0 Å². The summed E-state index contributed by atoms with van der Waals surface area (Å²) in [6.07, 6.45) is 6.13. The number of hydrogen-bond acceptors (Lipinski definition) is 4. The van der Waals surface area contributed by atoms with Gasteiger partial charge in [0, 0.05) is 45.5 Å². The van der Waals surface area contributed by atoms with Crippen molar-refractivity contribution in [3.05, 3.63) is 0 Å². The van der Waals surface area contributed by atoms with E-state index in [1.165, 1.54) is 6.42 Å². The van der Waals surface area contributed by atoms with Gasteiger partial charge in [-0.05, 0) is 32.1 Å². The first-order valence-corrected chi connectivity index (χ1v) is 6.86. The van der Waals surface area contributed by atoms with Gasteiger partial charge in [0.2, 0.25) is 0 Å². The molecular weight excluding hydrogens is 216 g/mol. The summed E-state index contributed by atoms with van der Waals surface area (Å²) in [5, 5.41) is 0. The van der Waals surface area contributed by atoms with Crippen molar-refractivity contribution in [3.63, 3.8) is 0 Å². The van der Waals surface area contributed by atoms with Crippen molar-refractivity contribution in [2.45, 2.75) is 43.7 Å². The predicted molar refractivity (Wildman–Crippen MR) is 68.1 cm³/mol. The van der Waals surface area contributed by atoms with Crippen LogP contribution in [0.3, 0.4) is 0 Å². The minimum Gasteiger partial charge on any atom is -0.381 e. The number of likely N-dealkylation sites (tertiary alicyclic amines) is 1. The molecule has 0 aromatic rings. The number of piperidine rings is 1. The smallest absolute Gasteiger partial charge is 0.0595 e. The van der Waals surface area contributed by atoms with Gasteiger partial charge in [0.15, 0.2) is 0 Å². The summed E-state index contributed by atoms with van der Waals surface area (Å²) in [5.41, 5.74) is 6.27. The summed E-state index contributed by atoms with van der Waals surface area (Å²) in [7, 11) is 1.82. The van der Waals surface area contributed by atoms with E-state index in [0.29, 0.717) is 6.10 Å². The van der Waals surface area contributed by atoms with Gasteiger partial charge in [0.1, 0.15) is 0 Å². The molecule has 0 spiro atoms. The van der Waals surface area contributed by atoms with Crippen LogP contribution in [0.25, 0.3) is 0 Å². The Hall–Kier alpha value is -0.160. The average molecular weight is 242 g/mol. The van der Waals surface area contributed by atoms with Crippen molar-refractivity contribution in [1.82, 2.24) is 4.90 Å². The third-order valence-corrected chi connectivity index (χ3v) is 4.47. The molecule has 0 bridgehead atoms. The molecule has 2 fully saturated rings. The molecule has 4 heteroatoms. The third kappa shape index (κ3) is 2.99. The van der Waals surface area contributed by atoms with Crippen molar-refractivity contribution < 1.29 is 9.47 Å². The molecule has 0 aliphatic carbocycles. The van der Waals surface area contributed by atoms with Crippen LogP contribution in [0.4, 0.5) is 0 Å². The largest absolute Gasteiger partial charge is 0.381 e. The van der Waals surface area contributed by atoms with Crippen molar-refractivity contribution in [2.24, 2.45) is 5.73 Å². The summed E-state index contributed by atoms with van der Waals surface area (Å²) >= 11 is 0. The zero-order valence-electron chi connectivity index (χ0n) is 11.0. The minimum absolute atomic E-state index is 0.190. The summed E-state index contributed by atoms with van der Waals surface area (Å²) in [4.78, 5) is 2.59. The quantitative estimate of drug-likeness (QED) is 0.802. The van der Waals surface area contributed by atoms with Gasteiger partial charge < -0.3 is 15.2 Å². The van der Waals surface area contributed by atoms with Gasteiger partial charge in [-0.15, -0.1) is 0 Å². The molecular formula is C13H26N2O2. The van der Waals surface area contributed by atoms with Crippen LogP contribution < -0.4 is 5.73 Å². The maximum absolute atomic E-state index is 6.08. The second-order valence-corrected chi connectivity index (χ2v) is 5.32. The van der Waals surface area contributed by atoms with Gasteiger partial charge in [-0.1, -0.05) is 0 Å². The van der Waals surface area contributed by atoms with Gasteiger partial charge in [0.05, 0.1) is 6.10 Å². The van der Waals surface area contributed by atoms with E-state index < -0.39 is 0 Å². The first-order chi connectivity index (χ1) is 8.30. The number of ether oxygens (including phenoxy) is 2. The molecule has 2 heterocycles. The normalized spacial score (nSPS) is 33.5. The second kappa shape index (κ2) is 6.14. The highest BCUT2D eigenvalue weighted by Gasteiger charge is 2.37. The molecule has 0 saturated carbocycles. The molecule has 2 aliphatic rings. The molecule has 2 saturated heterocycles. The Morgan fingerprint density at radius 3 is 2.71 bits per heavy atom. The number of nitrogens with two attached hydrogens (primary N) is 1. The standard InChI is InChI=1S/C13H26N2O2/c1-16-12-3-7-15(8-4-12)13(11-14)5-2-9-17-10-6-13/h12H,2-11,14H2,1H3. The van der Waals surface area contributed by atoms with E-state index in [0.717, 1.165) is 58.5 Å². The number of nitrogens with zero attached hydrogens (tertiary/aromatic N) is 1. The molecule has 4 nitrogen and oxygen atoms in total. The van der Waals surface area contributed by atoms with E-state index in [1.54, 1.807) is 0 Å². The lowest BCUT2D eigenvalue weighted by molar-refractivity contribution is -0.00951. The Labute approximate surface area is 104 Å². The van der Waals surface area contributed by atoms with Gasteiger partial charge in [-0.2, -0.15) is 0 Å². The van der Waals surface area contributed by atoms with Crippen LogP contribution in [0.5, 0.6) is 0 Å². The van der Waals surface area contributed by atoms with E-state index in [4.69, 9.17) is 15.2 Å². The zero-order chi connectivity index (χ0) is 12.1. The molecule has 17 heavy (non-hydrogen) atoms. The second-order valence-electron chi connectivity index (χ2n) is 5.32. The summed E-state index contributed by atoms with van der Waals surface area (Å²) < 4.78 is 11.0. The molecule has 1 atom stereocenters. The zero-order valence-corrected chi connectivity index (χ0v) is 11.0. The topological polar surface area (TPSA) is 47.7 Å². The van der Waals surface area contributed by atoms with E-state index in [9.17, 15) is 0 Å². The molecule has 2 rings (SSSR count). The summed E-state index contributed by atoms with van der Waals surface area (Å²) in [6, 6.07) is 0. The maximum atomic E-state index is 6.08. The molecule has 100 valence electrons. The Morgan fingerprint density at radius 1 is 1.29 bits per heavy atom. The predicted octanol–water partition coefficient (Wildman–Crippen LogP) is 0.995. The highest BCUT2D eigenvalue weighted by molar-refractivity contribution is 4.94. The van der Waals surface area contributed by atoms with Crippen molar-refractivity contribution in [3.8, 4) is 0 Å². The van der Waals surface area contributed by atoms with Crippen LogP contribution in [-0.4, -0.2) is 56.5 Å². The van der Waals surface area contributed by atoms with Crippen molar-refractivity contribution >= 4 is 0 Å². The Bertz CT molecular complexity index is 219. The molecule has 0 amide bonds. The Morgan fingerprint density at radius 2 is 2.06 bits per heavy atom. The van der Waals surface area contributed by atoms with Crippen LogP contribution in [0.2, 0.25) is 0 Å². The van der Waals surface area contributed by atoms with Gasteiger partial charge in [-0.25, -0.2) is 0 Å². The summed E-state index contributed by atoms with van der Waals surface area (Å²) in [6.45, 7) is 4.76. The highest BCUT2D eigenvalue weighted by Crippen LogP contribution is 2.30. The van der Waals surface area contributed by atoms with Crippen molar-refractivity contribution in [2.75, 3.05) is 40.0 Å². The Balaban J connectivity index is 1.97. The van der Waals surface area contributed by atoms with E-state index in [2.05, 4.69) is 4.90 Å². The summed E-state index contributed by atoms with van der Waals surface area (Å²) in [5.74, 6) is 0. The minimum atomic E-state index is 0.190. The van der Waals surface area contributed by atoms with Crippen LogP contribution in [0.15, 0.2) is 0 Å². The third-order valence-electron chi connectivity index (χ3n) is 4.47. The number of methoxy groups -OCH3 is 1. The SMILES string of the molecule is COC1CCN(C2(CN)CCCOCC2)CC1. The first kappa shape index (κ1) is 13.3. The van der Waals surface area contributed by atoms with Crippen LogP contribution in [-0.2, 0) is 9.47 Å². The fourth-order valence-electron chi connectivity index (χ4n) is 3.21. The average Bonchev–Trinajstić information content (AvgIpc) is 2.65. The van der Waals surface area contributed by atoms with Gasteiger partial charge in [0.25, 0.3) is 0 Å². The highest BCUT2D eigenvalue weighted by atomic mass is 16.5. The fourth-order valence-corrected chi connectivity index (χ4v) is 3.21. The lowest BCUT2D eigenvalue weighted by Gasteiger charge is -2.46. The van der Waals surface area contributed by atoms with Crippen LogP contribution in [0.1, 0.15) is 32.1 Å². The lowest BCUT2D eigenvalue weighted by Crippen LogP contribution is -2.57. The number of hydrogen-bond donors (Lipinski definition) is 1. The molecule has 0 aromatic heterocycles. The van der Waals surface area contributed by atoms with Crippen LogP contribution in [0, 0.1) is 0 Å². The molecule has 0 radical (unpaired) electrons. The maximum Gasteiger partial charge on any atom is 0.0595 e.